The van der Waals surface area contributed by atoms with Crippen LogP contribution in [0.15, 0.2) is 24.3 Å². The molecular formula is C18H30ClNO. The molecule has 0 heterocycles. The van der Waals surface area contributed by atoms with Gasteiger partial charge in [0.1, 0.15) is 0 Å². The van der Waals surface area contributed by atoms with E-state index in [0.29, 0.717) is 5.92 Å². The summed E-state index contributed by atoms with van der Waals surface area (Å²) < 4.78 is 5.54. The van der Waals surface area contributed by atoms with Crippen molar-refractivity contribution in [1.82, 2.24) is 5.32 Å². The highest BCUT2D eigenvalue weighted by Gasteiger charge is 2.20. The molecule has 1 aromatic rings. The molecule has 1 aromatic carbocycles. The molecule has 0 fully saturated rings. The summed E-state index contributed by atoms with van der Waals surface area (Å²) in [5.74, 6) is 0.589. The summed E-state index contributed by atoms with van der Waals surface area (Å²) >= 11 is 6.30. The van der Waals surface area contributed by atoms with Crippen LogP contribution >= 0.6 is 11.6 Å². The summed E-state index contributed by atoms with van der Waals surface area (Å²) in [6, 6.07) is 8.17. The Kier molecular flexibility index (Phi) is 8.31. The Morgan fingerprint density at radius 2 is 2.00 bits per heavy atom. The topological polar surface area (TPSA) is 21.3 Å². The molecule has 0 aliphatic heterocycles. The van der Waals surface area contributed by atoms with E-state index in [4.69, 9.17) is 16.3 Å². The third-order valence-electron chi connectivity index (χ3n) is 4.03. The summed E-state index contributed by atoms with van der Waals surface area (Å²) in [5.41, 5.74) is 1.20. The second kappa shape index (κ2) is 9.45. The molecule has 0 spiro atoms. The van der Waals surface area contributed by atoms with Crippen LogP contribution in [0.5, 0.6) is 0 Å². The second-order valence-corrected chi connectivity index (χ2v) is 6.78. The molecule has 21 heavy (non-hydrogen) atoms. The van der Waals surface area contributed by atoms with Crippen LogP contribution in [-0.2, 0) is 11.2 Å². The molecule has 0 aromatic heterocycles. The Bertz CT molecular complexity index is 406. The van der Waals surface area contributed by atoms with Crippen molar-refractivity contribution >= 4 is 11.6 Å². The molecule has 1 rings (SSSR count). The molecule has 0 bridgehead atoms. The standard InChI is InChI=1S/C18H30ClNO/c1-5-12-20-14-15(10-11-18(2,3)21-4)13-16-8-6-7-9-17(16)19/h6-9,15,20H,5,10-14H2,1-4H3. The normalized spacial score (nSPS) is 13.4. The number of hydrogen-bond donors (Lipinski definition) is 1. The molecule has 1 N–H and O–H groups in total. The summed E-state index contributed by atoms with van der Waals surface area (Å²) in [6.45, 7) is 8.62. The van der Waals surface area contributed by atoms with E-state index in [0.717, 1.165) is 37.4 Å². The van der Waals surface area contributed by atoms with Gasteiger partial charge in [0.2, 0.25) is 0 Å². The van der Waals surface area contributed by atoms with Gasteiger partial charge in [-0.25, -0.2) is 0 Å². The predicted octanol–water partition coefficient (Wildman–Crippen LogP) is 4.70. The van der Waals surface area contributed by atoms with Crippen molar-refractivity contribution in [1.29, 1.82) is 0 Å². The smallest absolute Gasteiger partial charge is 0.0622 e. The summed E-state index contributed by atoms with van der Waals surface area (Å²) in [6.07, 6.45) is 4.40. The molecule has 0 aliphatic rings. The fourth-order valence-corrected chi connectivity index (χ4v) is 2.60. The first-order valence-electron chi connectivity index (χ1n) is 7.97. The molecule has 0 amide bonds. The number of rotatable bonds is 10. The fourth-order valence-electron chi connectivity index (χ4n) is 2.39. The first kappa shape index (κ1) is 18.5. The summed E-state index contributed by atoms with van der Waals surface area (Å²) in [5, 5.41) is 4.42. The van der Waals surface area contributed by atoms with Gasteiger partial charge in [0, 0.05) is 12.1 Å². The summed E-state index contributed by atoms with van der Waals surface area (Å²) in [4.78, 5) is 0. The first-order chi connectivity index (χ1) is 9.98. The first-order valence-corrected chi connectivity index (χ1v) is 8.35. The van der Waals surface area contributed by atoms with Gasteiger partial charge in [-0.2, -0.15) is 0 Å². The van der Waals surface area contributed by atoms with E-state index < -0.39 is 0 Å². The van der Waals surface area contributed by atoms with Crippen LogP contribution in [0, 0.1) is 5.92 Å². The van der Waals surface area contributed by atoms with Gasteiger partial charge in [0.25, 0.3) is 0 Å². The monoisotopic (exact) mass is 311 g/mol. The highest BCUT2D eigenvalue weighted by Crippen LogP contribution is 2.24. The number of benzene rings is 1. The van der Waals surface area contributed by atoms with E-state index in [-0.39, 0.29) is 5.60 Å². The predicted molar refractivity (Wildman–Crippen MR) is 92.1 cm³/mol. The molecule has 2 nitrogen and oxygen atoms in total. The minimum atomic E-state index is -0.0521. The van der Waals surface area contributed by atoms with E-state index in [9.17, 15) is 0 Å². The summed E-state index contributed by atoms with van der Waals surface area (Å²) in [7, 11) is 1.79. The zero-order valence-corrected chi connectivity index (χ0v) is 14.7. The Morgan fingerprint density at radius 1 is 1.29 bits per heavy atom. The number of methoxy groups -OCH3 is 1. The van der Waals surface area contributed by atoms with Crippen LogP contribution in [-0.4, -0.2) is 25.8 Å². The molecule has 1 atom stereocenters. The van der Waals surface area contributed by atoms with Gasteiger partial charge < -0.3 is 10.1 Å². The van der Waals surface area contributed by atoms with E-state index in [1.807, 2.05) is 12.1 Å². The van der Waals surface area contributed by atoms with Gasteiger partial charge in [-0.15, -0.1) is 0 Å². The average Bonchev–Trinajstić information content (AvgIpc) is 2.47. The van der Waals surface area contributed by atoms with Crippen LogP contribution in [0.25, 0.3) is 0 Å². The Hall–Kier alpha value is -0.570. The highest BCUT2D eigenvalue weighted by atomic mass is 35.5. The SMILES string of the molecule is CCCNCC(CCC(C)(C)OC)Cc1ccccc1Cl. The minimum absolute atomic E-state index is 0.0521. The molecule has 3 heteroatoms. The van der Waals surface area contributed by atoms with E-state index in [2.05, 4.69) is 38.2 Å². The van der Waals surface area contributed by atoms with Crippen molar-refractivity contribution in [2.75, 3.05) is 20.2 Å². The molecule has 0 aliphatic carbocycles. The van der Waals surface area contributed by atoms with E-state index in [1.54, 1.807) is 7.11 Å². The second-order valence-electron chi connectivity index (χ2n) is 6.37. The van der Waals surface area contributed by atoms with Crippen molar-refractivity contribution in [3.63, 3.8) is 0 Å². The Labute approximate surface area is 135 Å². The van der Waals surface area contributed by atoms with Gasteiger partial charge in [0.15, 0.2) is 0 Å². The van der Waals surface area contributed by atoms with E-state index >= 15 is 0 Å². The highest BCUT2D eigenvalue weighted by molar-refractivity contribution is 6.31. The van der Waals surface area contributed by atoms with Gasteiger partial charge in [0.05, 0.1) is 5.60 Å². The molecule has 0 saturated carbocycles. The zero-order chi connectivity index (χ0) is 15.7. The Balaban J connectivity index is 2.61. The van der Waals surface area contributed by atoms with Crippen molar-refractivity contribution in [2.45, 2.75) is 52.1 Å². The number of hydrogen-bond acceptors (Lipinski definition) is 2. The molecule has 0 saturated heterocycles. The third kappa shape index (κ3) is 7.30. The lowest BCUT2D eigenvalue weighted by Crippen LogP contribution is -2.29. The quantitative estimate of drug-likeness (QED) is 0.632. The lowest BCUT2D eigenvalue weighted by atomic mass is 9.90. The van der Waals surface area contributed by atoms with Crippen molar-refractivity contribution in [3.05, 3.63) is 34.9 Å². The average molecular weight is 312 g/mol. The fraction of sp³-hybridized carbons (Fsp3) is 0.667. The Morgan fingerprint density at radius 3 is 2.62 bits per heavy atom. The van der Waals surface area contributed by atoms with Crippen molar-refractivity contribution in [3.8, 4) is 0 Å². The largest absolute Gasteiger partial charge is 0.379 e. The zero-order valence-electron chi connectivity index (χ0n) is 13.9. The van der Waals surface area contributed by atoms with Crippen LogP contribution in [0.2, 0.25) is 5.02 Å². The molecular weight excluding hydrogens is 282 g/mol. The maximum atomic E-state index is 6.30. The van der Waals surface area contributed by atoms with E-state index in [1.165, 1.54) is 12.0 Å². The van der Waals surface area contributed by atoms with Crippen LogP contribution in [0.1, 0.15) is 45.6 Å². The van der Waals surface area contributed by atoms with Gasteiger partial charge in [-0.05, 0) is 70.2 Å². The maximum Gasteiger partial charge on any atom is 0.0622 e. The lowest BCUT2D eigenvalue weighted by Gasteiger charge is -2.26. The van der Waals surface area contributed by atoms with Gasteiger partial charge >= 0.3 is 0 Å². The number of ether oxygens (including phenoxy) is 1. The number of nitrogens with one attached hydrogen (secondary N) is 1. The lowest BCUT2D eigenvalue weighted by molar-refractivity contribution is 0.0104. The molecule has 120 valence electrons. The third-order valence-corrected chi connectivity index (χ3v) is 4.40. The number of halogens is 1. The van der Waals surface area contributed by atoms with Crippen molar-refractivity contribution < 1.29 is 4.74 Å². The van der Waals surface area contributed by atoms with Crippen LogP contribution in [0.3, 0.4) is 0 Å². The van der Waals surface area contributed by atoms with Gasteiger partial charge in [-0.3, -0.25) is 0 Å². The van der Waals surface area contributed by atoms with Crippen LogP contribution in [0.4, 0.5) is 0 Å². The van der Waals surface area contributed by atoms with Crippen molar-refractivity contribution in [2.24, 2.45) is 5.92 Å². The minimum Gasteiger partial charge on any atom is -0.379 e. The van der Waals surface area contributed by atoms with Crippen LogP contribution < -0.4 is 5.32 Å². The van der Waals surface area contributed by atoms with Gasteiger partial charge in [-0.1, -0.05) is 36.7 Å². The molecule has 0 radical (unpaired) electrons. The molecule has 1 unspecified atom stereocenters. The maximum absolute atomic E-state index is 6.30.